The zero-order valence-corrected chi connectivity index (χ0v) is 17.0. The van der Waals surface area contributed by atoms with E-state index in [1.807, 2.05) is 48.5 Å². The zero-order valence-electron chi connectivity index (χ0n) is 17.0. The summed E-state index contributed by atoms with van der Waals surface area (Å²) in [6.07, 6.45) is 2.70. The first-order valence-electron chi connectivity index (χ1n) is 9.63. The first-order valence-corrected chi connectivity index (χ1v) is 9.63. The van der Waals surface area contributed by atoms with Crippen molar-refractivity contribution < 1.29 is 19.4 Å². The van der Waals surface area contributed by atoms with Gasteiger partial charge >= 0.3 is 5.97 Å². The molecule has 0 saturated heterocycles. The van der Waals surface area contributed by atoms with E-state index in [0.29, 0.717) is 19.0 Å². The summed E-state index contributed by atoms with van der Waals surface area (Å²) >= 11 is 0. The Kier molecular flexibility index (Phi) is 6.23. The highest BCUT2D eigenvalue weighted by atomic mass is 16.5. The van der Waals surface area contributed by atoms with Crippen LogP contribution in [0.5, 0.6) is 11.5 Å². The molecule has 0 unspecified atom stereocenters. The summed E-state index contributed by atoms with van der Waals surface area (Å²) < 4.78 is 11.7. The van der Waals surface area contributed by atoms with E-state index in [0.717, 1.165) is 28.2 Å². The topological polar surface area (TPSA) is 55.8 Å². The minimum absolute atomic E-state index is 0.109. The fourth-order valence-corrected chi connectivity index (χ4v) is 3.09. The number of aliphatic carboxylic acids is 1. The Labute approximate surface area is 171 Å². The lowest BCUT2D eigenvalue weighted by molar-refractivity contribution is -0.131. The number of rotatable bonds is 7. The quantitative estimate of drug-likeness (QED) is 0.416. The van der Waals surface area contributed by atoms with Crippen molar-refractivity contribution in [3.63, 3.8) is 0 Å². The minimum atomic E-state index is -0.995. The van der Waals surface area contributed by atoms with Crippen LogP contribution in [0.25, 0.3) is 16.8 Å². The first kappa shape index (κ1) is 20.5. The number of fused-ring (bicyclic) bond motifs is 1. The van der Waals surface area contributed by atoms with E-state index in [4.69, 9.17) is 14.6 Å². The molecule has 0 aliphatic carbocycles. The second-order valence-corrected chi connectivity index (χ2v) is 7.84. The molecule has 0 spiro atoms. The second kappa shape index (κ2) is 8.82. The summed E-state index contributed by atoms with van der Waals surface area (Å²) in [5, 5.41) is 11.0. The Morgan fingerprint density at radius 2 is 1.62 bits per heavy atom. The Hall–Kier alpha value is -3.27. The number of hydrogen-bond donors (Lipinski definition) is 1. The summed E-state index contributed by atoms with van der Waals surface area (Å²) in [5.74, 6) is 0.435. The van der Waals surface area contributed by atoms with Crippen LogP contribution in [0.2, 0.25) is 0 Å². The maximum atomic E-state index is 11.0. The van der Waals surface area contributed by atoms with Crippen LogP contribution in [0, 0.1) is 0 Å². The third kappa shape index (κ3) is 5.38. The molecule has 3 rings (SSSR count). The van der Waals surface area contributed by atoms with E-state index in [1.54, 1.807) is 6.08 Å². The van der Waals surface area contributed by atoms with E-state index in [2.05, 4.69) is 32.9 Å². The van der Waals surface area contributed by atoms with Gasteiger partial charge in [0, 0.05) is 11.6 Å². The van der Waals surface area contributed by atoms with Gasteiger partial charge in [-0.2, -0.15) is 0 Å². The molecule has 0 heterocycles. The van der Waals surface area contributed by atoms with Gasteiger partial charge in [-0.25, -0.2) is 4.79 Å². The molecule has 3 aromatic rings. The lowest BCUT2D eigenvalue weighted by atomic mass is 9.87. The monoisotopic (exact) mass is 390 g/mol. The number of hydrogen-bond acceptors (Lipinski definition) is 3. The van der Waals surface area contributed by atoms with Gasteiger partial charge in [-0.3, -0.25) is 0 Å². The van der Waals surface area contributed by atoms with Crippen LogP contribution in [-0.4, -0.2) is 24.3 Å². The van der Waals surface area contributed by atoms with Gasteiger partial charge in [0.15, 0.2) is 0 Å². The summed E-state index contributed by atoms with van der Waals surface area (Å²) in [5.41, 5.74) is 2.12. The van der Waals surface area contributed by atoms with Gasteiger partial charge in [-0.05, 0) is 46.0 Å². The van der Waals surface area contributed by atoms with Crippen molar-refractivity contribution >= 4 is 22.8 Å². The Morgan fingerprint density at radius 3 is 2.31 bits per heavy atom. The van der Waals surface area contributed by atoms with Crippen LogP contribution < -0.4 is 9.47 Å². The summed E-state index contributed by atoms with van der Waals surface area (Å²) in [6.45, 7) is 7.28. The van der Waals surface area contributed by atoms with Crippen molar-refractivity contribution in [2.45, 2.75) is 26.2 Å². The second-order valence-electron chi connectivity index (χ2n) is 7.84. The Morgan fingerprint density at radius 1 is 0.931 bits per heavy atom. The highest BCUT2D eigenvalue weighted by molar-refractivity contribution is 5.96. The molecule has 0 bridgehead atoms. The predicted molar refractivity (Wildman–Crippen MR) is 117 cm³/mol. The molecular formula is C25H26O4. The SMILES string of the molecule is CC(C)(C)c1ccc(OCCOc2ccc3ccccc3c2C=CC(=O)O)cc1. The number of carboxylic acid groups (broad SMARTS) is 1. The standard InChI is InChI=1S/C25H26O4/c1-25(2,3)19-9-11-20(12-10-19)28-16-17-29-23-14-8-18-6-4-5-7-21(18)22(23)13-15-24(26)27/h4-15H,16-17H2,1-3H3,(H,26,27). The molecule has 0 amide bonds. The van der Waals surface area contributed by atoms with Crippen molar-refractivity contribution in [1.82, 2.24) is 0 Å². The average molecular weight is 390 g/mol. The van der Waals surface area contributed by atoms with Crippen molar-refractivity contribution in [3.05, 3.63) is 77.9 Å². The molecule has 4 heteroatoms. The van der Waals surface area contributed by atoms with Gasteiger partial charge in [0.2, 0.25) is 0 Å². The van der Waals surface area contributed by atoms with E-state index in [9.17, 15) is 4.79 Å². The molecule has 4 nitrogen and oxygen atoms in total. The number of carboxylic acids is 1. The smallest absolute Gasteiger partial charge is 0.328 e. The summed E-state index contributed by atoms with van der Waals surface area (Å²) in [6, 6.07) is 19.7. The van der Waals surface area contributed by atoms with E-state index in [1.165, 1.54) is 5.56 Å². The van der Waals surface area contributed by atoms with Gasteiger partial charge < -0.3 is 14.6 Å². The third-order valence-corrected chi connectivity index (χ3v) is 4.65. The highest BCUT2D eigenvalue weighted by Gasteiger charge is 2.13. The largest absolute Gasteiger partial charge is 0.490 e. The Balaban J connectivity index is 1.67. The lowest BCUT2D eigenvalue weighted by Crippen LogP contribution is -2.12. The van der Waals surface area contributed by atoms with Crippen molar-refractivity contribution in [3.8, 4) is 11.5 Å². The molecule has 0 saturated carbocycles. The predicted octanol–water partition coefficient (Wildman–Crippen LogP) is 5.69. The molecule has 0 aromatic heterocycles. The fourth-order valence-electron chi connectivity index (χ4n) is 3.09. The summed E-state index contributed by atoms with van der Waals surface area (Å²) in [7, 11) is 0. The maximum Gasteiger partial charge on any atom is 0.328 e. The number of ether oxygens (including phenoxy) is 2. The molecule has 150 valence electrons. The molecule has 0 radical (unpaired) electrons. The van der Waals surface area contributed by atoms with Crippen LogP contribution >= 0.6 is 0 Å². The average Bonchev–Trinajstić information content (AvgIpc) is 2.69. The molecule has 0 aliphatic heterocycles. The van der Waals surface area contributed by atoms with Crippen LogP contribution in [0.3, 0.4) is 0 Å². The molecule has 0 atom stereocenters. The fraction of sp³-hybridized carbons (Fsp3) is 0.240. The van der Waals surface area contributed by atoms with E-state index in [-0.39, 0.29) is 5.41 Å². The molecule has 1 N–H and O–H groups in total. The zero-order chi connectivity index (χ0) is 20.9. The first-order chi connectivity index (χ1) is 13.8. The maximum absolute atomic E-state index is 11.0. The molecule has 0 aliphatic rings. The van der Waals surface area contributed by atoms with Gasteiger partial charge in [0.25, 0.3) is 0 Å². The molecular weight excluding hydrogens is 364 g/mol. The molecule has 29 heavy (non-hydrogen) atoms. The van der Waals surface area contributed by atoms with Gasteiger partial charge in [0.05, 0.1) is 0 Å². The van der Waals surface area contributed by atoms with Gasteiger partial charge in [-0.1, -0.05) is 63.2 Å². The lowest BCUT2D eigenvalue weighted by Gasteiger charge is -2.19. The number of carbonyl (C=O) groups is 1. The summed E-state index contributed by atoms with van der Waals surface area (Å²) in [4.78, 5) is 11.0. The highest BCUT2D eigenvalue weighted by Crippen LogP contribution is 2.29. The minimum Gasteiger partial charge on any atom is -0.490 e. The van der Waals surface area contributed by atoms with Gasteiger partial charge in [0.1, 0.15) is 24.7 Å². The van der Waals surface area contributed by atoms with E-state index >= 15 is 0 Å². The molecule has 3 aromatic carbocycles. The van der Waals surface area contributed by atoms with Crippen LogP contribution in [0.15, 0.2) is 66.7 Å². The molecule has 0 fully saturated rings. The number of benzene rings is 3. The Bertz CT molecular complexity index is 1010. The van der Waals surface area contributed by atoms with Crippen LogP contribution in [-0.2, 0) is 10.2 Å². The normalized spacial score (nSPS) is 11.7. The van der Waals surface area contributed by atoms with Crippen molar-refractivity contribution in [2.75, 3.05) is 13.2 Å². The third-order valence-electron chi connectivity index (χ3n) is 4.65. The van der Waals surface area contributed by atoms with Crippen molar-refractivity contribution in [1.29, 1.82) is 0 Å². The van der Waals surface area contributed by atoms with Crippen LogP contribution in [0.1, 0.15) is 31.9 Å². The van der Waals surface area contributed by atoms with E-state index < -0.39 is 5.97 Å². The van der Waals surface area contributed by atoms with Crippen LogP contribution in [0.4, 0.5) is 0 Å². The van der Waals surface area contributed by atoms with Gasteiger partial charge in [-0.15, -0.1) is 0 Å². The van der Waals surface area contributed by atoms with Crippen molar-refractivity contribution in [2.24, 2.45) is 0 Å².